The van der Waals surface area contributed by atoms with Gasteiger partial charge in [-0.1, -0.05) is 29.8 Å². The Balaban J connectivity index is 1.66. The van der Waals surface area contributed by atoms with Crippen LogP contribution in [0.1, 0.15) is 0 Å². The van der Waals surface area contributed by atoms with Crippen LogP contribution >= 0.6 is 11.6 Å². The summed E-state index contributed by atoms with van der Waals surface area (Å²) in [6, 6.07) is 16.6. The quantitative estimate of drug-likeness (QED) is 0.722. The Hall–Kier alpha value is -2.79. The molecular formula is C18H16ClN3O2. The van der Waals surface area contributed by atoms with E-state index in [1.165, 1.54) is 0 Å². The normalized spacial score (nSPS) is 10.4. The highest BCUT2D eigenvalue weighted by Crippen LogP contribution is 2.29. The molecule has 0 aliphatic rings. The zero-order valence-corrected chi connectivity index (χ0v) is 13.8. The molecular weight excluding hydrogens is 326 g/mol. The Morgan fingerprint density at radius 2 is 1.96 bits per heavy atom. The zero-order valence-electron chi connectivity index (χ0n) is 13.1. The molecule has 0 unspecified atom stereocenters. The topological polar surface area (TPSA) is 54.5 Å². The van der Waals surface area contributed by atoms with Gasteiger partial charge in [0.25, 0.3) is 5.91 Å². The van der Waals surface area contributed by atoms with Crippen molar-refractivity contribution in [1.29, 1.82) is 0 Å². The summed E-state index contributed by atoms with van der Waals surface area (Å²) in [4.78, 5) is 16.4. The van der Waals surface area contributed by atoms with Gasteiger partial charge < -0.3 is 4.74 Å². The molecule has 0 saturated carbocycles. The fourth-order valence-electron chi connectivity index (χ4n) is 2.31. The minimum absolute atomic E-state index is 0.121. The maximum absolute atomic E-state index is 12.1. The van der Waals surface area contributed by atoms with Gasteiger partial charge in [-0.3, -0.25) is 20.2 Å². The molecule has 0 spiro atoms. The smallest absolute Gasteiger partial charge is 0.276 e. The lowest BCUT2D eigenvalue weighted by atomic mass is 10.2. The standard InChI is InChI=1S/C18H16ClN3O2/c1-22(13-6-3-2-4-7-13)21-17(23)12-24-16-10-9-15(19)14-8-5-11-20-18(14)16/h2-11H,12H2,1H3,(H,21,23). The van der Waals surface area contributed by atoms with Gasteiger partial charge in [-0.2, -0.15) is 0 Å². The molecule has 0 atom stereocenters. The average Bonchev–Trinajstić information content (AvgIpc) is 2.62. The Kier molecular flexibility index (Phi) is 4.82. The molecule has 6 heteroatoms. The van der Waals surface area contributed by atoms with E-state index >= 15 is 0 Å². The Labute approximate surface area is 144 Å². The molecule has 3 aromatic rings. The summed E-state index contributed by atoms with van der Waals surface area (Å²) in [6.07, 6.45) is 1.66. The monoisotopic (exact) mass is 341 g/mol. The minimum atomic E-state index is -0.264. The van der Waals surface area contributed by atoms with Crippen LogP contribution in [0.25, 0.3) is 10.9 Å². The zero-order chi connectivity index (χ0) is 16.9. The molecule has 1 amide bonds. The fourth-order valence-corrected chi connectivity index (χ4v) is 2.52. The minimum Gasteiger partial charge on any atom is -0.481 e. The van der Waals surface area contributed by atoms with Crippen molar-refractivity contribution in [3.63, 3.8) is 0 Å². The van der Waals surface area contributed by atoms with Crippen LogP contribution in [-0.4, -0.2) is 24.5 Å². The number of hydrazine groups is 1. The van der Waals surface area contributed by atoms with Crippen molar-refractivity contribution < 1.29 is 9.53 Å². The maximum Gasteiger partial charge on any atom is 0.276 e. The van der Waals surface area contributed by atoms with Gasteiger partial charge >= 0.3 is 0 Å². The summed E-state index contributed by atoms with van der Waals surface area (Å²) in [7, 11) is 1.77. The first kappa shape index (κ1) is 16.1. The molecule has 1 heterocycles. The first-order chi connectivity index (χ1) is 11.6. The maximum atomic E-state index is 12.1. The summed E-state index contributed by atoms with van der Waals surface area (Å²) in [5, 5.41) is 3.03. The summed E-state index contributed by atoms with van der Waals surface area (Å²) in [6.45, 7) is -0.121. The number of carbonyl (C=O) groups is 1. The van der Waals surface area contributed by atoms with E-state index in [1.807, 2.05) is 36.4 Å². The fraction of sp³-hybridized carbons (Fsp3) is 0.111. The third kappa shape index (κ3) is 3.58. The van der Waals surface area contributed by atoms with Crippen LogP contribution in [0.4, 0.5) is 5.69 Å². The number of ether oxygens (including phenoxy) is 1. The van der Waals surface area contributed by atoms with Gasteiger partial charge in [0, 0.05) is 18.6 Å². The molecule has 0 bridgehead atoms. The molecule has 0 aliphatic heterocycles. The molecule has 24 heavy (non-hydrogen) atoms. The van der Waals surface area contributed by atoms with E-state index in [0.29, 0.717) is 16.3 Å². The number of carbonyl (C=O) groups excluding carboxylic acids is 1. The van der Waals surface area contributed by atoms with Gasteiger partial charge in [0.2, 0.25) is 0 Å². The molecule has 0 fully saturated rings. The van der Waals surface area contributed by atoms with E-state index in [-0.39, 0.29) is 12.5 Å². The van der Waals surface area contributed by atoms with Crippen LogP contribution < -0.4 is 15.2 Å². The van der Waals surface area contributed by atoms with Gasteiger partial charge in [-0.25, -0.2) is 0 Å². The Morgan fingerprint density at radius 1 is 1.17 bits per heavy atom. The number of anilines is 1. The molecule has 1 N–H and O–H groups in total. The lowest BCUT2D eigenvalue weighted by Gasteiger charge is -2.20. The number of hydrogen-bond donors (Lipinski definition) is 1. The lowest BCUT2D eigenvalue weighted by molar-refractivity contribution is -0.123. The molecule has 0 radical (unpaired) electrons. The molecule has 3 rings (SSSR count). The van der Waals surface area contributed by atoms with E-state index in [0.717, 1.165) is 11.1 Å². The highest BCUT2D eigenvalue weighted by atomic mass is 35.5. The van der Waals surface area contributed by atoms with E-state index in [4.69, 9.17) is 16.3 Å². The molecule has 0 aliphatic carbocycles. The van der Waals surface area contributed by atoms with E-state index in [2.05, 4.69) is 10.4 Å². The summed E-state index contributed by atoms with van der Waals surface area (Å²) in [5.74, 6) is 0.257. The van der Waals surface area contributed by atoms with Crippen LogP contribution in [0.5, 0.6) is 5.75 Å². The number of fused-ring (bicyclic) bond motifs is 1. The van der Waals surface area contributed by atoms with Crippen LogP contribution in [0.3, 0.4) is 0 Å². The van der Waals surface area contributed by atoms with Crippen molar-refractivity contribution in [3.05, 3.63) is 65.8 Å². The largest absolute Gasteiger partial charge is 0.481 e. The number of benzene rings is 2. The van der Waals surface area contributed by atoms with E-state index < -0.39 is 0 Å². The number of amides is 1. The van der Waals surface area contributed by atoms with Crippen LogP contribution in [-0.2, 0) is 4.79 Å². The van der Waals surface area contributed by atoms with Gasteiger partial charge in [0.05, 0.1) is 10.7 Å². The van der Waals surface area contributed by atoms with Gasteiger partial charge in [0.15, 0.2) is 6.61 Å². The van der Waals surface area contributed by atoms with Crippen molar-refractivity contribution in [3.8, 4) is 5.75 Å². The van der Waals surface area contributed by atoms with Crippen LogP contribution in [0.2, 0.25) is 5.02 Å². The Morgan fingerprint density at radius 3 is 2.75 bits per heavy atom. The second-order valence-electron chi connectivity index (χ2n) is 5.16. The molecule has 5 nitrogen and oxygen atoms in total. The van der Waals surface area contributed by atoms with Crippen molar-refractivity contribution in [2.45, 2.75) is 0 Å². The third-order valence-corrected chi connectivity index (χ3v) is 3.80. The van der Waals surface area contributed by atoms with Crippen LogP contribution in [0.15, 0.2) is 60.8 Å². The number of halogens is 1. The molecule has 122 valence electrons. The van der Waals surface area contributed by atoms with Crippen molar-refractivity contribution in [2.75, 3.05) is 18.7 Å². The van der Waals surface area contributed by atoms with Crippen LogP contribution in [0, 0.1) is 0 Å². The predicted molar refractivity (Wildman–Crippen MR) is 95.2 cm³/mol. The number of nitrogens with zero attached hydrogens (tertiary/aromatic N) is 2. The number of aromatic nitrogens is 1. The van der Waals surface area contributed by atoms with Gasteiger partial charge in [0.1, 0.15) is 11.3 Å². The first-order valence-corrected chi connectivity index (χ1v) is 7.77. The van der Waals surface area contributed by atoms with Gasteiger partial charge in [-0.15, -0.1) is 0 Å². The highest BCUT2D eigenvalue weighted by Gasteiger charge is 2.10. The van der Waals surface area contributed by atoms with E-state index in [9.17, 15) is 4.79 Å². The SMILES string of the molecule is CN(NC(=O)COc1ccc(Cl)c2cccnc12)c1ccccc1. The molecule has 0 saturated heterocycles. The van der Waals surface area contributed by atoms with Crippen molar-refractivity contribution >= 4 is 34.1 Å². The summed E-state index contributed by atoms with van der Waals surface area (Å²) in [5.41, 5.74) is 4.26. The number of hydrogen-bond acceptors (Lipinski definition) is 4. The predicted octanol–water partition coefficient (Wildman–Crippen LogP) is 3.43. The lowest BCUT2D eigenvalue weighted by Crippen LogP contribution is -2.41. The van der Waals surface area contributed by atoms with E-state index in [1.54, 1.807) is 36.5 Å². The third-order valence-electron chi connectivity index (χ3n) is 3.47. The van der Waals surface area contributed by atoms with Gasteiger partial charge in [-0.05, 0) is 36.4 Å². The summed E-state index contributed by atoms with van der Waals surface area (Å²) >= 11 is 6.15. The molecule has 2 aromatic carbocycles. The summed E-state index contributed by atoms with van der Waals surface area (Å²) < 4.78 is 5.61. The molecule has 1 aromatic heterocycles. The second-order valence-corrected chi connectivity index (χ2v) is 5.57. The second kappa shape index (κ2) is 7.19. The number of rotatable bonds is 5. The van der Waals surface area contributed by atoms with Crippen molar-refractivity contribution in [1.82, 2.24) is 10.4 Å². The van der Waals surface area contributed by atoms with Crippen molar-refractivity contribution in [2.24, 2.45) is 0 Å². The average molecular weight is 342 g/mol. The number of pyridine rings is 1. The number of para-hydroxylation sites is 1. The number of nitrogens with one attached hydrogen (secondary N) is 1. The highest BCUT2D eigenvalue weighted by molar-refractivity contribution is 6.35. The first-order valence-electron chi connectivity index (χ1n) is 7.39. The Bertz CT molecular complexity index is 855.